The lowest BCUT2D eigenvalue weighted by Crippen LogP contribution is -2.34. The minimum Gasteiger partial charge on any atom is -0.497 e. The molecule has 1 aromatic heterocycles. The van der Waals surface area contributed by atoms with Gasteiger partial charge < -0.3 is 10.1 Å². The van der Waals surface area contributed by atoms with Gasteiger partial charge in [0.1, 0.15) is 16.8 Å². The van der Waals surface area contributed by atoms with Crippen LogP contribution in [0.1, 0.15) is 17.2 Å². The number of fused-ring (bicyclic) bond motifs is 1. The Morgan fingerprint density at radius 1 is 1.27 bits per heavy atom. The van der Waals surface area contributed by atoms with Gasteiger partial charge in [-0.3, -0.25) is 10.2 Å². The van der Waals surface area contributed by atoms with Crippen molar-refractivity contribution in [3.05, 3.63) is 53.6 Å². The van der Waals surface area contributed by atoms with Gasteiger partial charge in [0.2, 0.25) is 5.91 Å². The van der Waals surface area contributed by atoms with E-state index in [0.29, 0.717) is 24.1 Å². The van der Waals surface area contributed by atoms with Gasteiger partial charge in [-0.1, -0.05) is 18.2 Å². The molecule has 134 valence electrons. The Hall–Kier alpha value is -2.97. The first-order valence-corrected chi connectivity index (χ1v) is 8.36. The zero-order valence-electron chi connectivity index (χ0n) is 14.2. The van der Waals surface area contributed by atoms with Crippen LogP contribution in [0.3, 0.4) is 0 Å². The molecule has 3 aromatic rings. The van der Waals surface area contributed by atoms with E-state index in [1.807, 2.05) is 42.5 Å². The number of methoxy groups -OCH3 is 1. The van der Waals surface area contributed by atoms with Gasteiger partial charge in [-0.05, 0) is 45.7 Å². The lowest BCUT2D eigenvalue weighted by atomic mass is 9.94. The molecule has 1 amide bonds. The van der Waals surface area contributed by atoms with Crippen molar-refractivity contribution in [2.24, 2.45) is 5.92 Å². The van der Waals surface area contributed by atoms with E-state index in [9.17, 15) is 4.79 Å². The number of hydrazine groups is 1. The monoisotopic (exact) mass is 353 g/mol. The molecule has 1 aliphatic heterocycles. The quantitative estimate of drug-likeness (QED) is 0.636. The first-order chi connectivity index (χ1) is 12.7. The molecule has 1 saturated heterocycles. The van der Waals surface area contributed by atoms with Gasteiger partial charge in [-0.2, -0.15) is 0 Å². The van der Waals surface area contributed by atoms with Crippen LogP contribution in [0, 0.1) is 5.92 Å². The second-order valence-electron chi connectivity index (χ2n) is 6.19. The highest BCUT2D eigenvalue weighted by atomic mass is 16.6. The zero-order chi connectivity index (χ0) is 17.9. The average Bonchev–Trinajstić information content (AvgIpc) is 3.35. The number of ether oxygens (including phenoxy) is 1. The number of amides is 1. The average molecular weight is 353 g/mol. The zero-order valence-corrected chi connectivity index (χ0v) is 14.2. The van der Waals surface area contributed by atoms with E-state index in [1.165, 1.54) is 0 Å². The molecule has 3 N–H and O–H groups in total. The predicted molar refractivity (Wildman–Crippen MR) is 94.0 cm³/mol. The molecule has 1 aliphatic rings. The summed E-state index contributed by atoms with van der Waals surface area (Å²) in [7, 11) is 1.63. The maximum Gasteiger partial charge on any atom is 0.226 e. The highest BCUT2D eigenvalue weighted by Crippen LogP contribution is 2.27. The van der Waals surface area contributed by atoms with Crippen LogP contribution in [0.2, 0.25) is 0 Å². The Balaban J connectivity index is 1.44. The van der Waals surface area contributed by atoms with E-state index in [2.05, 4.69) is 26.5 Å². The maximum atomic E-state index is 12.7. The summed E-state index contributed by atoms with van der Waals surface area (Å²) in [6.45, 7) is 0.975. The number of nitrogens with one attached hydrogen (secondary N) is 3. The number of hydrogen-bond donors (Lipinski definition) is 3. The van der Waals surface area contributed by atoms with Gasteiger partial charge >= 0.3 is 0 Å². The lowest BCUT2D eigenvalue weighted by molar-refractivity contribution is -0.125. The van der Waals surface area contributed by atoms with Crippen LogP contribution >= 0.6 is 0 Å². The second kappa shape index (κ2) is 7.11. The Bertz CT molecular complexity index is 926. The normalized spacial score (nSPS) is 19.6. The molecule has 0 saturated carbocycles. The molecule has 2 unspecified atom stereocenters. The van der Waals surface area contributed by atoms with Crippen LogP contribution < -0.4 is 20.9 Å². The number of hydrogen-bond acceptors (Lipinski definition) is 7. The van der Waals surface area contributed by atoms with Crippen LogP contribution in [0.5, 0.6) is 5.75 Å². The van der Waals surface area contributed by atoms with Crippen molar-refractivity contribution in [1.82, 2.24) is 26.5 Å². The summed E-state index contributed by atoms with van der Waals surface area (Å²) in [6.07, 6.45) is 0. The fraction of sp³-hybridized carbons (Fsp3) is 0.278. The SMILES string of the molecule is COc1cccc(C2NNCC2C(=O)NCc2ccc3nonc3c2)c1. The van der Waals surface area contributed by atoms with Crippen LogP contribution in [-0.2, 0) is 11.3 Å². The number of carbonyl (C=O) groups excluding carboxylic acids is 1. The van der Waals surface area contributed by atoms with Gasteiger partial charge in [-0.25, -0.2) is 10.1 Å². The minimum absolute atomic E-state index is 0.0197. The Morgan fingerprint density at radius 2 is 2.15 bits per heavy atom. The standard InChI is InChI=1S/C18H19N5O3/c1-25-13-4-2-3-12(8-13)17-14(10-20-21-17)18(24)19-9-11-5-6-15-16(7-11)23-26-22-15/h2-8,14,17,20-21H,9-10H2,1H3,(H,19,24). The third kappa shape index (κ3) is 3.24. The van der Waals surface area contributed by atoms with Gasteiger partial charge in [0.05, 0.1) is 19.1 Å². The minimum atomic E-state index is -0.223. The van der Waals surface area contributed by atoms with E-state index >= 15 is 0 Å². The second-order valence-corrected chi connectivity index (χ2v) is 6.19. The maximum absolute atomic E-state index is 12.7. The van der Waals surface area contributed by atoms with Crippen molar-refractivity contribution in [2.75, 3.05) is 13.7 Å². The molecule has 0 aliphatic carbocycles. The van der Waals surface area contributed by atoms with Crippen LogP contribution in [0.4, 0.5) is 0 Å². The van der Waals surface area contributed by atoms with E-state index in [0.717, 1.165) is 16.9 Å². The summed E-state index contributed by atoms with van der Waals surface area (Å²) in [5, 5.41) is 10.6. The summed E-state index contributed by atoms with van der Waals surface area (Å²) >= 11 is 0. The third-order valence-corrected chi connectivity index (χ3v) is 4.56. The summed E-state index contributed by atoms with van der Waals surface area (Å²) in [4.78, 5) is 12.7. The molecule has 0 radical (unpaired) electrons. The first kappa shape index (κ1) is 16.5. The Kier molecular flexibility index (Phi) is 4.51. The van der Waals surface area contributed by atoms with Crippen molar-refractivity contribution in [3.8, 4) is 5.75 Å². The van der Waals surface area contributed by atoms with Crippen molar-refractivity contribution >= 4 is 16.9 Å². The van der Waals surface area contributed by atoms with Crippen LogP contribution in [0.15, 0.2) is 47.1 Å². The molecule has 0 bridgehead atoms. The first-order valence-electron chi connectivity index (χ1n) is 8.36. The fourth-order valence-corrected chi connectivity index (χ4v) is 3.15. The van der Waals surface area contributed by atoms with E-state index in [-0.39, 0.29) is 17.9 Å². The smallest absolute Gasteiger partial charge is 0.226 e. The largest absolute Gasteiger partial charge is 0.497 e. The third-order valence-electron chi connectivity index (χ3n) is 4.56. The lowest BCUT2D eigenvalue weighted by Gasteiger charge is -2.19. The number of nitrogens with zero attached hydrogens (tertiary/aromatic N) is 2. The molecule has 26 heavy (non-hydrogen) atoms. The number of aromatic nitrogens is 2. The molecule has 4 rings (SSSR count). The Morgan fingerprint density at radius 3 is 3.04 bits per heavy atom. The van der Waals surface area contributed by atoms with Gasteiger partial charge in [-0.15, -0.1) is 0 Å². The number of rotatable bonds is 5. The number of benzene rings is 2. The van der Waals surface area contributed by atoms with Crippen molar-refractivity contribution < 1.29 is 14.2 Å². The highest BCUT2D eigenvalue weighted by molar-refractivity contribution is 5.80. The van der Waals surface area contributed by atoms with E-state index < -0.39 is 0 Å². The van der Waals surface area contributed by atoms with Gasteiger partial charge in [0.15, 0.2) is 0 Å². The highest BCUT2D eigenvalue weighted by Gasteiger charge is 2.33. The molecular formula is C18H19N5O3. The molecule has 8 heteroatoms. The molecule has 0 spiro atoms. The predicted octanol–water partition coefficient (Wildman–Crippen LogP) is 1.31. The molecule has 8 nitrogen and oxygen atoms in total. The van der Waals surface area contributed by atoms with E-state index in [1.54, 1.807) is 7.11 Å². The molecular weight excluding hydrogens is 334 g/mol. The van der Waals surface area contributed by atoms with Crippen molar-refractivity contribution in [2.45, 2.75) is 12.6 Å². The van der Waals surface area contributed by atoms with E-state index in [4.69, 9.17) is 9.37 Å². The molecule has 2 heterocycles. The van der Waals surface area contributed by atoms with Crippen LogP contribution in [-0.4, -0.2) is 29.9 Å². The molecule has 1 fully saturated rings. The summed E-state index contributed by atoms with van der Waals surface area (Å²) in [6, 6.07) is 13.2. The summed E-state index contributed by atoms with van der Waals surface area (Å²) in [5.41, 5.74) is 9.57. The fourth-order valence-electron chi connectivity index (χ4n) is 3.15. The topological polar surface area (TPSA) is 101 Å². The van der Waals surface area contributed by atoms with Crippen molar-refractivity contribution in [1.29, 1.82) is 0 Å². The van der Waals surface area contributed by atoms with Crippen LogP contribution in [0.25, 0.3) is 11.0 Å². The van der Waals surface area contributed by atoms with Gasteiger partial charge in [0.25, 0.3) is 0 Å². The summed E-state index contributed by atoms with van der Waals surface area (Å²) in [5.74, 6) is 0.526. The number of carbonyl (C=O) groups is 1. The van der Waals surface area contributed by atoms with Gasteiger partial charge in [0, 0.05) is 13.1 Å². The Labute approximate surface area is 149 Å². The van der Waals surface area contributed by atoms with Crippen molar-refractivity contribution in [3.63, 3.8) is 0 Å². The molecule has 2 aromatic carbocycles. The summed E-state index contributed by atoms with van der Waals surface area (Å²) < 4.78 is 9.97. The molecule has 2 atom stereocenters.